The molecule has 5 unspecified atom stereocenters. The van der Waals surface area contributed by atoms with Gasteiger partial charge in [-0.05, 0) is 48.7 Å². The number of ether oxygens (including phenoxy) is 1. The van der Waals surface area contributed by atoms with E-state index >= 15 is 0 Å². The van der Waals surface area contributed by atoms with E-state index in [9.17, 15) is 14.4 Å². The normalized spacial score (nSPS) is 25.4. The van der Waals surface area contributed by atoms with Crippen LogP contribution in [0.3, 0.4) is 0 Å². The van der Waals surface area contributed by atoms with Gasteiger partial charge in [0.2, 0.25) is 5.91 Å². The van der Waals surface area contributed by atoms with Crippen molar-refractivity contribution < 1.29 is 19.1 Å². The summed E-state index contributed by atoms with van der Waals surface area (Å²) in [4.78, 5) is 48.4. The Labute approximate surface area is 217 Å². The zero-order valence-corrected chi connectivity index (χ0v) is 21.9. The summed E-state index contributed by atoms with van der Waals surface area (Å²) in [6.07, 6.45) is 1.17. The molecule has 11 heteroatoms. The molecule has 4 rings (SSSR count). The molecule has 3 saturated heterocycles. The molecule has 0 radical (unpaired) electrons. The van der Waals surface area contributed by atoms with Crippen molar-refractivity contribution >= 4 is 23.3 Å². The molecule has 0 aliphatic carbocycles. The minimum Gasteiger partial charge on any atom is -0.369 e. The smallest absolute Gasteiger partial charge is 0.251 e. The quantitative estimate of drug-likeness (QED) is 0.307. The molecule has 1 N–H and O–H groups in total. The van der Waals surface area contributed by atoms with E-state index in [2.05, 4.69) is 32.1 Å². The summed E-state index contributed by atoms with van der Waals surface area (Å²) in [6, 6.07) is 5.25. The van der Waals surface area contributed by atoms with Gasteiger partial charge in [-0.2, -0.15) is 0 Å². The highest BCUT2D eigenvalue weighted by atomic mass is 16.5. The van der Waals surface area contributed by atoms with Crippen LogP contribution in [0.1, 0.15) is 44.0 Å². The number of carbonyl (C=O) groups excluding carboxylic acids is 3. The summed E-state index contributed by atoms with van der Waals surface area (Å²) >= 11 is 0. The predicted molar refractivity (Wildman–Crippen MR) is 139 cm³/mol. The Morgan fingerprint density at radius 1 is 1.19 bits per heavy atom. The van der Waals surface area contributed by atoms with Crippen molar-refractivity contribution in [2.75, 3.05) is 50.8 Å². The van der Waals surface area contributed by atoms with Crippen LogP contribution in [0.4, 0.5) is 5.69 Å². The largest absolute Gasteiger partial charge is 0.369 e. The lowest BCUT2D eigenvalue weighted by Gasteiger charge is -2.36. The zero-order chi connectivity index (χ0) is 26.5. The number of amides is 2. The fourth-order valence-corrected chi connectivity index (χ4v) is 5.48. The van der Waals surface area contributed by atoms with E-state index in [1.165, 1.54) is 4.90 Å². The lowest BCUT2D eigenvalue weighted by Crippen LogP contribution is -2.54. The highest BCUT2D eigenvalue weighted by Crippen LogP contribution is 2.31. The van der Waals surface area contributed by atoms with Gasteiger partial charge in [-0.15, -0.1) is 0 Å². The van der Waals surface area contributed by atoms with Gasteiger partial charge >= 0.3 is 0 Å². The summed E-state index contributed by atoms with van der Waals surface area (Å²) in [7, 11) is 0. The Balaban J connectivity index is 1.44. The molecule has 200 valence electrons. The lowest BCUT2D eigenvalue weighted by atomic mass is 9.96. The van der Waals surface area contributed by atoms with Crippen LogP contribution in [0, 0.1) is 5.92 Å². The monoisotopic (exact) mass is 511 g/mol. The highest BCUT2D eigenvalue weighted by Gasteiger charge is 2.53. The zero-order valence-electron chi connectivity index (χ0n) is 21.9. The van der Waals surface area contributed by atoms with Crippen LogP contribution < -0.4 is 10.2 Å². The van der Waals surface area contributed by atoms with Crippen LogP contribution in [-0.2, 0) is 14.3 Å². The number of hydrogen-bond donors (Lipinski definition) is 1. The molecule has 3 aliphatic heterocycles. The van der Waals surface area contributed by atoms with Crippen LogP contribution in [0.15, 0.2) is 29.4 Å². The van der Waals surface area contributed by atoms with E-state index in [1.807, 2.05) is 26.0 Å². The summed E-state index contributed by atoms with van der Waals surface area (Å²) < 4.78 is 5.53. The molecule has 1 aromatic rings. The summed E-state index contributed by atoms with van der Waals surface area (Å²) in [6.45, 7) is 11.1. The maximum atomic E-state index is 13.6. The first-order valence-electron chi connectivity index (χ1n) is 13.2. The Kier molecular flexibility index (Phi) is 8.68. The molecule has 0 saturated carbocycles. The van der Waals surface area contributed by atoms with Crippen LogP contribution >= 0.6 is 0 Å². The van der Waals surface area contributed by atoms with Gasteiger partial charge in [0, 0.05) is 48.9 Å². The van der Waals surface area contributed by atoms with Gasteiger partial charge in [-0.1, -0.05) is 32.3 Å². The molecule has 11 nitrogen and oxygen atoms in total. The van der Waals surface area contributed by atoms with Gasteiger partial charge in [0.1, 0.15) is 18.7 Å². The third-order valence-corrected chi connectivity index (χ3v) is 7.81. The first-order chi connectivity index (χ1) is 17.9. The van der Waals surface area contributed by atoms with E-state index in [1.54, 1.807) is 12.1 Å². The minimum absolute atomic E-state index is 0.0903. The number of nitrogens with one attached hydrogen (secondary N) is 1. The topological polar surface area (TPSA) is 131 Å². The SMILES string of the molecule is CCCN1CCN(c2ccc(C(=O)NC(C(=O)N3CC(N=[N+]=[N-])C4OCC(=O)C43)C(C)CC)cc2)CC1. The molecule has 2 amide bonds. The molecule has 0 aromatic heterocycles. The minimum atomic E-state index is -0.817. The first kappa shape index (κ1) is 26.9. The molecular formula is C26H37N7O4. The van der Waals surface area contributed by atoms with Crippen molar-refractivity contribution in [3.05, 3.63) is 40.3 Å². The van der Waals surface area contributed by atoms with Crippen molar-refractivity contribution in [2.45, 2.75) is 57.8 Å². The number of benzene rings is 1. The number of rotatable bonds is 9. The standard InChI is InChI=1S/C26H37N7O4/c1-4-10-31-11-13-32(14-12-31)19-8-6-18(7-9-19)25(35)28-22(17(3)5-2)26(36)33-15-20(29-30-27)24-23(33)21(34)16-37-24/h6-9,17,20,22-24H,4-5,10-16H2,1-3H3,(H,28,35). The van der Waals surface area contributed by atoms with Gasteiger partial charge in [0.15, 0.2) is 5.78 Å². The van der Waals surface area contributed by atoms with Crippen LogP contribution in [0.2, 0.25) is 0 Å². The molecule has 3 aliphatic rings. The Morgan fingerprint density at radius 3 is 2.51 bits per heavy atom. The molecule has 5 atom stereocenters. The van der Waals surface area contributed by atoms with Crippen molar-refractivity contribution in [2.24, 2.45) is 11.0 Å². The molecule has 3 heterocycles. The number of nitrogens with zero attached hydrogens (tertiary/aromatic N) is 6. The molecule has 37 heavy (non-hydrogen) atoms. The number of ketones is 1. The van der Waals surface area contributed by atoms with Gasteiger partial charge < -0.3 is 19.9 Å². The second-order valence-electron chi connectivity index (χ2n) is 10.2. The predicted octanol–water partition coefficient (Wildman–Crippen LogP) is 2.22. The van der Waals surface area contributed by atoms with Crippen molar-refractivity contribution in [1.29, 1.82) is 0 Å². The van der Waals surface area contributed by atoms with E-state index in [0.29, 0.717) is 12.0 Å². The Hall–Kier alpha value is -3.14. The summed E-state index contributed by atoms with van der Waals surface area (Å²) in [5, 5.41) is 6.66. The molecule has 0 spiro atoms. The summed E-state index contributed by atoms with van der Waals surface area (Å²) in [5.41, 5.74) is 10.5. The maximum Gasteiger partial charge on any atom is 0.251 e. The molecular weight excluding hydrogens is 474 g/mol. The number of fused-ring (bicyclic) bond motifs is 1. The van der Waals surface area contributed by atoms with Crippen LogP contribution in [0.5, 0.6) is 0 Å². The van der Waals surface area contributed by atoms with Gasteiger partial charge in [0.05, 0.1) is 12.1 Å². The number of anilines is 1. The molecule has 1 aromatic carbocycles. The van der Waals surface area contributed by atoms with E-state index in [-0.39, 0.29) is 36.7 Å². The van der Waals surface area contributed by atoms with Crippen molar-refractivity contribution in [3.63, 3.8) is 0 Å². The van der Waals surface area contributed by atoms with Crippen molar-refractivity contribution in [3.8, 4) is 0 Å². The third kappa shape index (κ3) is 5.74. The van der Waals surface area contributed by atoms with Crippen LogP contribution in [-0.4, -0.2) is 97.5 Å². The number of hydrogen-bond acceptors (Lipinski definition) is 7. The number of azide groups is 1. The second kappa shape index (κ2) is 11.9. The number of likely N-dealkylation sites (tertiary alicyclic amines) is 1. The molecule has 3 fully saturated rings. The summed E-state index contributed by atoms with van der Waals surface area (Å²) in [5.74, 6) is -1.07. The van der Waals surface area contributed by atoms with E-state index in [0.717, 1.165) is 44.8 Å². The fraction of sp³-hybridized carbons (Fsp3) is 0.654. The fourth-order valence-electron chi connectivity index (χ4n) is 5.48. The number of Topliss-reactive ketones (excluding diaryl/α,β-unsaturated/α-hetero) is 1. The highest BCUT2D eigenvalue weighted by molar-refractivity contribution is 5.99. The second-order valence-corrected chi connectivity index (χ2v) is 10.2. The maximum absolute atomic E-state index is 13.6. The third-order valence-electron chi connectivity index (χ3n) is 7.81. The van der Waals surface area contributed by atoms with E-state index < -0.39 is 24.2 Å². The number of carbonyl (C=O) groups is 3. The average Bonchev–Trinajstić information content (AvgIpc) is 3.48. The first-order valence-corrected chi connectivity index (χ1v) is 13.2. The van der Waals surface area contributed by atoms with Gasteiger partial charge in [0.25, 0.3) is 5.91 Å². The number of piperazine rings is 1. The lowest BCUT2D eigenvalue weighted by molar-refractivity contribution is -0.139. The Morgan fingerprint density at radius 2 is 1.89 bits per heavy atom. The van der Waals surface area contributed by atoms with Gasteiger partial charge in [-0.25, -0.2) is 0 Å². The van der Waals surface area contributed by atoms with Crippen molar-refractivity contribution in [1.82, 2.24) is 15.1 Å². The van der Waals surface area contributed by atoms with Crippen LogP contribution in [0.25, 0.3) is 10.4 Å². The van der Waals surface area contributed by atoms with Gasteiger partial charge in [-0.3, -0.25) is 19.3 Å². The van der Waals surface area contributed by atoms with E-state index in [4.69, 9.17) is 10.3 Å². The average molecular weight is 512 g/mol. The molecule has 0 bridgehead atoms. The Bertz CT molecular complexity index is 1030.